The Labute approximate surface area is 155 Å². The molecule has 1 amide bonds. The van der Waals surface area contributed by atoms with Crippen LogP contribution >= 0.6 is 11.3 Å². The summed E-state index contributed by atoms with van der Waals surface area (Å²) in [7, 11) is -3.72. The minimum atomic E-state index is -3.72. The molecule has 0 spiro atoms. The molecular weight excluding hydrogens is 372 g/mol. The van der Waals surface area contributed by atoms with Crippen molar-refractivity contribution in [1.82, 2.24) is 10.2 Å². The standard InChI is InChI=1S/C17H16N4O3S2/c1-2-21(14-6-4-3-5-7-14)26(23,24)15-10-8-13(9-11-15)16(22)19-17-20-18-12-25-17/h3-12H,2H2,1H3,(H,19,20,22). The minimum absolute atomic E-state index is 0.121. The van der Waals surface area contributed by atoms with Crippen molar-refractivity contribution in [3.05, 3.63) is 65.7 Å². The van der Waals surface area contributed by atoms with Gasteiger partial charge in [-0.15, -0.1) is 10.2 Å². The maximum Gasteiger partial charge on any atom is 0.264 e. The molecule has 2 aromatic carbocycles. The summed E-state index contributed by atoms with van der Waals surface area (Å²) in [5.41, 5.74) is 2.43. The van der Waals surface area contributed by atoms with Crippen LogP contribution in [0.4, 0.5) is 10.8 Å². The predicted octanol–water partition coefficient (Wildman–Crippen LogP) is 3.01. The second-order valence-electron chi connectivity index (χ2n) is 5.23. The zero-order valence-electron chi connectivity index (χ0n) is 13.9. The van der Waals surface area contributed by atoms with Gasteiger partial charge in [-0.1, -0.05) is 29.5 Å². The van der Waals surface area contributed by atoms with E-state index in [1.54, 1.807) is 31.2 Å². The van der Waals surface area contributed by atoms with Gasteiger partial charge in [0.2, 0.25) is 5.13 Å². The molecule has 0 saturated heterocycles. The van der Waals surface area contributed by atoms with Gasteiger partial charge in [-0.05, 0) is 43.3 Å². The number of aromatic nitrogens is 2. The normalized spacial score (nSPS) is 11.1. The maximum atomic E-state index is 12.9. The third kappa shape index (κ3) is 3.73. The fourth-order valence-electron chi connectivity index (χ4n) is 2.39. The molecule has 1 aromatic heterocycles. The highest BCUT2D eigenvalue weighted by atomic mass is 32.2. The lowest BCUT2D eigenvalue weighted by Crippen LogP contribution is -2.30. The average molecular weight is 388 g/mol. The molecule has 26 heavy (non-hydrogen) atoms. The summed E-state index contributed by atoms with van der Waals surface area (Å²) in [6.07, 6.45) is 0. The molecule has 1 heterocycles. The molecule has 0 atom stereocenters. The number of hydrogen-bond acceptors (Lipinski definition) is 6. The zero-order chi connectivity index (χ0) is 18.6. The lowest BCUT2D eigenvalue weighted by atomic mass is 10.2. The van der Waals surface area contributed by atoms with Crippen LogP contribution in [0.15, 0.2) is 65.0 Å². The highest BCUT2D eigenvalue weighted by molar-refractivity contribution is 7.92. The number of rotatable bonds is 6. The van der Waals surface area contributed by atoms with Gasteiger partial charge >= 0.3 is 0 Å². The second-order valence-corrected chi connectivity index (χ2v) is 7.92. The van der Waals surface area contributed by atoms with Crippen molar-refractivity contribution >= 4 is 38.1 Å². The lowest BCUT2D eigenvalue weighted by molar-refractivity contribution is 0.102. The zero-order valence-corrected chi connectivity index (χ0v) is 15.5. The number of anilines is 2. The summed E-state index contributed by atoms with van der Waals surface area (Å²) in [5, 5.41) is 10.4. The molecular formula is C17H16N4O3S2. The molecule has 134 valence electrons. The molecule has 0 aliphatic carbocycles. The number of carbonyl (C=O) groups excluding carboxylic acids is 1. The number of sulfonamides is 1. The van der Waals surface area contributed by atoms with Crippen LogP contribution in [0.1, 0.15) is 17.3 Å². The van der Waals surface area contributed by atoms with Gasteiger partial charge in [0, 0.05) is 12.1 Å². The predicted molar refractivity (Wildman–Crippen MR) is 101 cm³/mol. The van der Waals surface area contributed by atoms with Crippen molar-refractivity contribution in [1.29, 1.82) is 0 Å². The summed E-state index contributed by atoms with van der Waals surface area (Å²) in [5.74, 6) is -0.374. The van der Waals surface area contributed by atoms with Crippen LogP contribution in [0.3, 0.4) is 0 Å². The first-order valence-corrected chi connectivity index (χ1v) is 10.1. The number of nitrogens with one attached hydrogen (secondary N) is 1. The van der Waals surface area contributed by atoms with Gasteiger partial charge in [0.1, 0.15) is 5.51 Å². The number of benzene rings is 2. The first-order chi connectivity index (χ1) is 12.5. The number of hydrogen-bond donors (Lipinski definition) is 1. The fourth-order valence-corrected chi connectivity index (χ4v) is 4.30. The average Bonchev–Trinajstić information content (AvgIpc) is 3.16. The molecule has 0 aliphatic rings. The van der Waals surface area contributed by atoms with Crippen molar-refractivity contribution in [2.24, 2.45) is 0 Å². The van der Waals surface area contributed by atoms with Crippen molar-refractivity contribution in [2.45, 2.75) is 11.8 Å². The Kier molecular flexibility index (Phi) is 5.29. The van der Waals surface area contributed by atoms with E-state index in [0.717, 1.165) is 0 Å². The fraction of sp³-hybridized carbons (Fsp3) is 0.118. The minimum Gasteiger partial charge on any atom is -0.296 e. The Bertz CT molecular complexity index is 973. The van der Waals surface area contributed by atoms with Crippen LogP contribution in [0.25, 0.3) is 0 Å². The third-order valence-corrected chi connectivity index (χ3v) is 6.14. The first-order valence-electron chi connectivity index (χ1n) is 7.77. The van der Waals surface area contributed by atoms with Gasteiger partial charge in [0.15, 0.2) is 0 Å². The number of para-hydroxylation sites is 1. The van der Waals surface area contributed by atoms with Crippen molar-refractivity contribution in [2.75, 3.05) is 16.2 Å². The van der Waals surface area contributed by atoms with Gasteiger partial charge in [0.05, 0.1) is 10.6 Å². The van der Waals surface area contributed by atoms with E-state index in [1.165, 1.54) is 45.4 Å². The first kappa shape index (κ1) is 18.0. The second kappa shape index (κ2) is 7.63. The van der Waals surface area contributed by atoms with E-state index in [-0.39, 0.29) is 10.8 Å². The summed E-state index contributed by atoms with van der Waals surface area (Å²) in [4.78, 5) is 12.3. The maximum absolute atomic E-state index is 12.9. The van der Waals surface area contributed by atoms with Crippen LogP contribution < -0.4 is 9.62 Å². The largest absolute Gasteiger partial charge is 0.296 e. The summed E-state index contributed by atoms with van der Waals surface area (Å²) in [6.45, 7) is 2.07. The molecule has 0 aliphatic heterocycles. The monoisotopic (exact) mass is 388 g/mol. The lowest BCUT2D eigenvalue weighted by Gasteiger charge is -2.22. The molecule has 3 rings (SSSR count). The van der Waals surface area contributed by atoms with Gasteiger partial charge in [-0.3, -0.25) is 14.4 Å². The highest BCUT2D eigenvalue weighted by Gasteiger charge is 2.23. The van der Waals surface area contributed by atoms with E-state index in [0.29, 0.717) is 22.9 Å². The van der Waals surface area contributed by atoms with Crippen molar-refractivity contribution in [3.63, 3.8) is 0 Å². The Morgan fingerprint density at radius 2 is 1.81 bits per heavy atom. The van der Waals surface area contributed by atoms with Gasteiger partial charge in [-0.25, -0.2) is 8.42 Å². The molecule has 9 heteroatoms. The quantitative estimate of drug-likeness (QED) is 0.701. The molecule has 0 saturated carbocycles. The van der Waals surface area contributed by atoms with E-state index >= 15 is 0 Å². The summed E-state index contributed by atoms with van der Waals surface area (Å²) < 4.78 is 27.1. The van der Waals surface area contributed by atoms with E-state index in [4.69, 9.17) is 0 Å². The van der Waals surface area contributed by atoms with Crippen LogP contribution in [0, 0.1) is 0 Å². The Balaban J connectivity index is 1.83. The van der Waals surface area contributed by atoms with Crippen molar-refractivity contribution < 1.29 is 13.2 Å². The molecule has 3 aromatic rings. The van der Waals surface area contributed by atoms with Gasteiger partial charge < -0.3 is 0 Å². The molecule has 0 bridgehead atoms. The third-order valence-electron chi connectivity index (χ3n) is 3.62. The SMILES string of the molecule is CCN(c1ccccc1)S(=O)(=O)c1ccc(C(=O)Nc2nncs2)cc1. The topological polar surface area (TPSA) is 92.3 Å². The van der Waals surface area contributed by atoms with Crippen LogP contribution in [-0.2, 0) is 10.0 Å². The smallest absolute Gasteiger partial charge is 0.264 e. The van der Waals surface area contributed by atoms with Crippen LogP contribution in [0.2, 0.25) is 0 Å². The summed E-state index contributed by atoms with van der Waals surface area (Å²) >= 11 is 1.20. The number of amides is 1. The van der Waals surface area contributed by atoms with Crippen LogP contribution in [0.5, 0.6) is 0 Å². The van der Waals surface area contributed by atoms with Crippen molar-refractivity contribution in [3.8, 4) is 0 Å². The van der Waals surface area contributed by atoms with E-state index < -0.39 is 10.0 Å². The molecule has 7 nitrogen and oxygen atoms in total. The summed E-state index contributed by atoms with van der Waals surface area (Å²) in [6, 6.07) is 14.7. The van der Waals surface area contributed by atoms with Crippen LogP contribution in [-0.4, -0.2) is 31.1 Å². The van der Waals surface area contributed by atoms with E-state index in [2.05, 4.69) is 15.5 Å². The van der Waals surface area contributed by atoms with E-state index in [1.807, 2.05) is 6.07 Å². The number of carbonyl (C=O) groups is 1. The molecule has 0 fully saturated rings. The Morgan fingerprint density at radius 3 is 2.38 bits per heavy atom. The molecule has 0 unspecified atom stereocenters. The van der Waals surface area contributed by atoms with E-state index in [9.17, 15) is 13.2 Å². The van der Waals surface area contributed by atoms with Gasteiger partial charge in [-0.2, -0.15) is 0 Å². The Hall–Kier alpha value is -2.78. The Morgan fingerprint density at radius 1 is 1.12 bits per heavy atom. The number of nitrogens with zero attached hydrogens (tertiary/aromatic N) is 3. The molecule has 1 N–H and O–H groups in total. The van der Waals surface area contributed by atoms with Gasteiger partial charge in [0.25, 0.3) is 15.9 Å². The highest BCUT2D eigenvalue weighted by Crippen LogP contribution is 2.23. The molecule has 0 radical (unpaired) electrons.